The summed E-state index contributed by atoms with van der Waals surface area (Å²) < 4.78 is 8.07. The van der Waals surface area contributed by atoms with Crippen LogP contribution in [0.4, 0.5) is 5.69 Å². The van der Waals surface area contributed by atoms with Crippen molar-refractivity contribution >= 4 is 29.2 Å². The molecule has 1 aromatic carbocycles. The van der Waals surface area contributed by atoms with Gasteiger partial charge in [0.25, 0.3) is 0 Å². The van der Waals surface area contributed by atoms with Gasteiger partial charge in [-0.25, -0.2) is 9.98 Å². The van der Waals surface area contributed by atoms with Crippen molar-refractivity contribution in [1.82, 2.24) is 19.8 Å². The number of aryl methyl sites for hydroxylation is 1. The van der Waals surface area contributed by atoms with Crippen LogP contribution in [0.5, 0.6) is 5.75 Å². The molecule has 1 saturated heterocycles. The van der Waals surface area contributed by atoms with Gasteiger partial charge in [-0.2, -0.15) is 0 Å². The van der Waals surface area contributed by atoms with Gasteiger partial charge in [0.1, 0.15) is 11.8 Å². The summed E-state index contributed by atoms with van der Waals surface area (Å²) in [6.07, 6.45) is 10.0. The van der Waals surface area contributed by atoms with Gasteiger partial charge in [0.2, 0.25) is 11.9 Å². The first-order valence-electron chi connectivity index (χ1n) is 10.6. The molecule has 1 fully saturated rings. The van der Waals surface area contributed by atoms with E-state index in [-0.39, 0.29) is 17.9 Å². The van der Waals surface area contributed by atoms with Crippen LogP contribution in [0.15, 0.2) is 35.8 Å². The second-order valence-corrected chi connectivity index (χ2v) is 8.56. The first-order chi connectivity index (χ1) is 14.5. The summed E-state index contributed by atoms with van der Waals surface area (Å²) >= 11 is 6.67. The predicted molar refractivity (Wildman–Crippen MR) is 117 cm³/mol. The topological polar surface area (TPSA) is 71.7 Å². The molecule has 4 rings (SSSR count). The van der Waals surface area contributed by atoms with Crippen LogP contribution in [-0.4, -0.2) is 39.0 Å². The highest BCUT2D eigenvalue weighted by Gasteiger charge is 2.41. The molecule has 160 valence electrons. The molecule has 1 N–H and O–H groups in total. The summed E-state index contributed by atoms with van der Waals surface area (Å²) in [4.78, 5) is 23.0. The highest BCUT2D eigenvalue weighted by atomic mass is 35.5. The fourth-order valence-electron chi connectivity index (χ4n) is 4.05. The molecule has 1 aromatic heterocycles. The van der Waals surface area contributed by atoms with E-state index in [0.29, 0.717) is 29.9 Å². The van der Waals surface area contributed by atoms with Gasteiger partial charge in [-0.3, -0.25) is 10.1 Å². The number of rotatable bonds is 9. The number of benzene rings is 1. The third-order valence-electron chi connectivity index (χ3n) is 5.61. The monoisotopic (exact) mass is 429 g/mol. The lowest BCUT2D eigenvalue weighted by Crippen LogP contribution is -2.40. The number of hydrogen-bond donors (Lipinski definition) is 1. The Morgan fingerprint density at radius 3 is 2.87 bits per heavy atom. The normalized spacial score (nSPS) is 17.6. The second-order valence-electron chi connectivity index (χ2n) is 8.18. The molecule has 2 aliphatic heterocycles. The lowest BCUT2D eigenvalue weighted by molar-refractivity contribution is -0.122. The number of fused-ring (bicyclic) bond motifs is 2. The molecule has 30 heavy (non-hydrogen) atoms. The van der Waals surface area contributed by atoms with E-state index in [1.807, 2.05) is 49.6 Å². The molecule has 0 spiro atoms. The number of hydrogen-bond acceptors (Lipinski definition) is 5. The summed E-state index contributed by atoms with van der Waals surface area (Å²) in [6.45, 7) is 6.28. The third-order valence-corrected chi connectivity index (χ3v) is 6.02. The van der Waals surface area contributed by atoms with Crippen LogP contribution < -0.4 is 10.1 Å². The van der Waals surface area contributed by atoms with Crippen LogP contribution in [0.3, 0.4) is 0 Å². The molecule has 0 bridgehead atoms. The molecule has 2 aliphatic rings. The number of ether oxygens (including phenoxy) is 1. The van der Waals surface area contributed by atoms with Gasteiger partial charge in [-0.05, 0) is 30.9 Å². The summed E-state index contributed by atoms with van der Waals surface area (Å²) in [5.41, 5.74) is 1.71. The molecule has 0 radical (unpaired) electrons. The number of unbranched alkanes of at least 4 members (excludes halogenated alkanes) is 3. The van der Waals surface area contributed by atoms with Crippen molar-refractivity contribution < 1.29 is 9.53 Å². The van der Waals surface area contributed by atoms with Crippen LogP contribution in [0.25, 0.3) is 0 Å². The molecule has 0 aliphatic carbocycles. The zero-order valence-corrected chi connectivity index (χ0v) is 18.2. The quantitative estimate of drug-likeness (QED) is 0.608. The maximum Gasteiger partial charge on any atom is 0.249 e. The Balaban J connectivity index is 1.30. The molecule has 1 amide bonds. The standard InChI is InChI=1S/C22H28ClN5O2/c1-15(2)20-21(29)26-22-25-17-7-8-18(19(23)16(17)13-28(20)22)30-12-6-4-3-5-10-27-11-9-24-14-27/h7-9,11,14-15,20H,3-6,10,12-13H2,1-2H3,(H,25,26,29). The summed E-state index contributed by atoms with van der Waals surface area (Å²) in [5.74, 6) is 1.49. The Morgan fingerprint density at radius 1 is 1.27 bits per heavy atom. The lowest BCUT2D eigenvalue weighted by atomic mass is 10.0. The van der Waals surface area contributed by atoms with Gasteiger partial charge >= 0.3 is 0 Å². The average Bonchev–Trinajstić information content (AvgIpc) is 3.34. The first kappa shape index (κ1) is 20.7. The Bertz CT molecular complexity index is 926. The van der Waals surface area contributed by atoms with E-state index in [0.717, 1.165) is 43.5 Å². The van der Waals surface area contributed by atoms with Gasteiger partial charge in [0, 0.05) is 24.5 Å². The fraction of sp³-hybridized carbons (Fsp3) is 0.500. The average molecular weight is 430 g/mol. The Hall–Kier alpha value is -2.54. The van der Waals surface area contributed by atoms with Crippen LogP contribution in [0.2, 0.25) is 5.02 Å². The number of aliphatic imine (C=N–C) groups is 1. The smallest absolute Gasteiger partial charge is 0.249 e. The van der Waals surface area contributed by atoms with E-state index in [2.05, 4.69) is 19.9 Å². The van der Waals surface area contributed by atoms with Crippen LogP contribution in [-0.2, 0) is 17.9 Å². The van der Waals surface area contributed by atoms with E-state index in [9.17, 15) is 4.79 Å². The minimum absolute atomic E-state index is 0.00260. The van der Waals surface area contributed by atoms with E-state index in [1.165, 1.54) is 0 Å². The second kappa shape index (κ2) is 9.08. The number of carbonyl (C=O) groups is 1. The van der Waals surface area contributed by atoms with E-state index in [4.69, 9.17) is 16.3 Å². The van der Waals surface area contributed by atoms with Crippen molar-refractivity contribution in [2.75, 3.05) is 6.61 Å². The van der Waals surface area contributed by atoms with E-state index < -0.39 is 0 Å². The highest BCUT2D eigenvalue weighted by Crippen LogP contribution is 2.40. The summed E-state index contributed by atoms with van der Waals surface area (Å²) in [5, 5.41) is 3.48. The first-order valence-corrected chi connectivity index (χ1v) is 11.0. The Kier molecular flexibility index (Phi) is 6.27. The zero-order valence-electron chi connectivity index (χ0n) is 17.5. The van der Waals surface area contributed by atoms with Crippen LogP contribution in [0.1, 0.15) is 45.1 Å². The Morgan fingerprint density at radius 2 is 2.10 bits per heavy atom. The van der Waals surface area contributed by atoms with E-state index >= 15 is 0 Å². The van der Waals surface area contributed by atoms with Crippen molar-refractivity contribution in [3.05, 3.63) is 41.4 Å². The molecule has 7 nitrogen and oxygen atoms in total. The number of halogens is 1. The molecular formula is C22H28ClN5O2. The number of nitrogens with one attached hydrogen (secondary N) is 1. The number of imidazole rings is 1. The van der Waals surface area contributed by atoms with Crippen molar-refractivity contribution in [1.29, 1.82) is 0 Å². The van der Waals surface area contributed by atoms with Crippen LogP contribution >= 0.6 is 11.6 Å². The maximum absolute atomic E-state index is 12.3. The molecule has 2 aromatic rings. The fourth-order valence-corrected chi connectivity index (χ4v) is 4.32. The predicted octanol–water partition coefficient (Wildman–Crippen LogP) is 4.13. The van der Waals surface area contributed by atoms with Crippen molar-refractivity contribution in [3.8, 4) is 5.75 Å². The summed E-state index contributed by atoms with van der Waals surface area (Å²) in [6, 6.07) is 3.57. The maximum atomic E-state index is 12.3. The molecule has 8 heteroatoms. The minimum atomic E-state index is -0.222. The largest absolute Gasteiger partial charge is 0.492 e. The van der Waals surface area contributed by atoms with Crippen molar-refractivity contribution in [2.45, 2.75) is 58.7 Å². The molecule has 0 saturated carbocycles. The summed E-state index contributed by atoms with van der Waals surface area (Å²) in [7, 11) is 0. The van der Waals surface area contributed by atoms with Gasteiger partial charge in [0.05, 0.1) is 30.2 Å². The number of carbonyl (C=O) groups excluding carboxylic acids is 1. The van der Waals surface area contributed by atoms with Crippen molar-refractivity contribution in [2.24, 2.45) is 10.9 Å². The van der Waals surface area contributed by atoms with E-state index in [1.54, 1.807) is 0 Å². The third kappa shape index (κ3) is 4.31. The molecule has 1 atom stereocenters. The Labute approximate surface area is 182 Å². The van der Waals surface area contributed by atoms with Crippen molar-refractivity contribution in [3.63, 3.8) is 0 Å². The molecule has 3 heterocycles. The number of aromatic nitrogens is 2. The van der Waals surface area contributed by atoms with Gasteiger partial charge in [-0.1, -0.05) is 38.3 Å². The minimum Gasteiger partial charge on any atom is -0.492 e. The molecular weight excluding hydrogens is 402 g/mol. The molecule has 1 unspecified atom stereocenters. The number of guanidine groups is 1. The van der Waals surface area contributed by atoms with Gasteiger partial charge in [-0.15, -0.1) is 0 Å². The SMILES string of the molecule is CC(C)C1C(=O)NC2=Nc3ccc(OCCCCCCn4ccnc4)c(Cl)c3CN21. The highest BCUT2D eigenvalue weighted by molar-refractivity contribution is 6.33. The zero-order chi connectivity index (χ0) is 21.1. The number of amides is 1. The van der Waals surface area contributed by atoms with Crippen LogP contribution in [0, 0.1) is 5.92 Å². The van der Waals surface area contributed by atoms with Gasteiger partial charge < -0.3 is 14.2 Å². The number of nitrogens with zero attached hydrogens (tertiary/aromatic N) is 4. The van der Waals surface area contributed by atoms with Gasteiger partial charge in [0.15, 0.2) is 0 Å². The lowest BCUT2D eigenvalue weighted by Gasteiger charge is -2.30.